The van der Waals surface area contributed by atoms with Gasteiger partial charge in [-0.25, -0.2) is 4.39 Å². The molecule has 0 heterocycles. The molecule has 0 saturated carbocycles. The normalized spacial score (nSPS) is 10.2. The van der Waals surface area contributed by atoms with Crippen LogP contribution in [0.1, 0.15) is 5.56 Å². The number of rotatable bonds is 3. The molecule has 72 valence electrons. The van der Waals surface area contributed by atoms with Crippen molar-refractivity contribution in [2.75, 3.05) is 14.2 Å². The predicted molar refractivity (Wildman–Crippen MR) is 51.4 cm³/mol. The molecule has 1 rings (SSSR count). The highest BCUT2D eigenvalue weighted by atomic mass is 79.9. The van der Waals surface area contributed by atoms with Gasteiger partial charge in [0.05, 0.1) is 18.2 Å². The van der Waals surface area contributed by atoms with Crippen LogP contribution in [0.4, 0.5) is 4.39 Å². The van der Waals surface area contributed by atoms with Crippen molar-refractivity contribution in [1.82, 2.24) is 0 Å². The second kappa shape index (κ2) is 4.58. The average Bonchev–Trinajstić information content (AvgIpc) is 2.12. The van der Waals surface area contributed by atoms with Crippen LogP contribution < -0.4 is 4.74 Å². The van der Waals surface area contributed by atoms with Gasteiger partial charge in [-0.05, 0) is 28.1 Å². The monoisotopic (exact) mass is 248 g/mol. The van der Waals surface area contributed by atoms with E-state index in [1.807, 2.05) is 0 Å². The summed E-state index contributed by atoms with van der Waals surface area (Å²) in [7, 11) is 3.06. The molecular weight excluding hydrogens is 239 g/mol. The molecule has 0 atom stereocenters. The van der Waals surface area contributed by atoms with Gasteiger partial charge in [0.25, 0.3) is 0 Å². The summed E-state index contributed by atoms with van der Waals surface area (Å²) in [5.41, 5.74) is 0.474. The lowest BCUT2D eigenvalue weighted by Crippen LogP contribution is -1.96. The maximum absolute atomic E-state index is 13.2. The summed E-state index contributed by atoms with van der Waals surface area (Å²) in [6, 6.07) is 2.93. The molecule has 0 saturated heterocycles. The van der Waals surface area contributed by atoms with Gasteiger partial charge in [0.15, 0.2) is 0 Å². The Balaban J connectivity index is 3.13. The van der Waals surface area contributed by atoms with Crippen LogP contribution in [-0.2, 0) is 11.3 Å². The number of methoxy groups -OCH3 is 2. The molecule has 0 aliphatic rings. The van der Waals surface area contributed by atoms with Gasteiger partial charge < -0.3 is 9.47 Å². The summed E-state index contributed by atoms with van der Waals surface area (Å²) in [4.78, 5) is 0. The molecule has 0 fully saturated rings. The Hall–Kier alpha value is -0.610. The van der Waals surface area contributed by atoms with E-state index in [1.54, 1.807) is 6.07 Å². The molecule has 0 unspecified atom stereocenters. The average molecular weight is 249 g/mol. The molecule has 0 N–H and O–H groups in total. The highest BCUT2D eigenvalue weighted by Crippen LogP contribution is 2.30. The SMILES string of the molecule is COCc1c(F)ccc(OC)c1Br. The second-order valence-corrected chi connectivity index (χ2v) is 3.27. The first kappa shape index (κ1) is 10.5. The lowest BCUT2D eigenvalue weighted by Gasteiger charge is -2.08. The Bertz CT molecular complexity index is 302. The molecule has 13 heavy (non-hydrogen) atoms. The lowest BCUT2D eigenvalue weighted by atomic mass is 10.2. The first-order valence-electron chi connectivity index (χ1n) is 3.70. The van der Waals surface area contributed by atoms with E-state index in [9.17, 15) is 4.39 Å². The Morgan fingerprint density at radius 1 is 1.38 bits per heavy atom. The van der Waals surface area contributed by atoms with Crippen LogP contribution in [0.15, 0.2) is 16.6 Å². The van der Waals surface area contributed by atoms with Crippen LogP contribution in [-0.4, -0.2) is 14.2 Å². The molecule has 1 aromatic rings. The summed E-state index contributed by atoms with van der Waals surface area (Å²) in [6.45, 7) is 0.226. The van der Waals surface area contributed by atoms with Gasteiger partial charge in [-0.2, -0.15) is 0 Å². The maximum atomic E-state index is 13.2. The van der Waals surface area contributed by atoms with Crippen molar-refractivity contribution in [2.45, 2.75) is 6.61 Å². The Labute approximate surface area is 84.8 Å². The molecule has 0 spiro atoms. The first-order chi connectivity index (χ1) is 6.20. The van der Waals surface area contributed by atoms with E-state index in [0.717, 1.165) is 0 Å². The molecular formula is C9H10BrFO2. The topological polar surface area (TPSA) is 18.5 Å². The van der Waals surface area contributed by atoms with E-state index in [0.29, 0.717) is 15.8 Å². The van der Waals surface area contributed by atoms with Gasteiger partial charge in [-0.15, -0.1) is 0 Å². The fraction of sp³-hybridized carbons (Fsp3) is 0.333. The fourth-order valence-electron chi connectivity index (χ4n) is 1.01. The van der Waals surface area contributed by atoms with Crippen molar-refractivity contribution >= 4 is 15.9 Å². The van der Waals surface area contributed by atoms with Gasteiger partial charge in [0.1, 0.15) is 11.6 Å². The second-order valence-electron chi connectivity index (χ2n) is 2.48. The largest absolute Gasteiger partial charge is 0.496 e. The zero-order valence-corrected chi connectivity index (χ0v) is 9.02. The van der Waals surface area contributed by atoms with E-state index in [-0.39, 0.29) is 12.4 Å². The van der Waals surface area contributed by atoms with E-state index < -0.39 is 0 Å². The van der Waals surface area contributed by atoms with Crippen molar-refractivity contribution in [3.63, 3.8) is 0 Å². The van der Waals surface area contributed by atoms with Gasteiger partial charge in [-0.3, -0.25) is 0 Å². The van der Waals surface area contributed by atoms with Crippen molar-refractivity contribution in [3.8, 4) is 5.75 Å². The molecule has 0 aliphatic heterocycles. The first-order valence-corrected chi connectivity index (χ1v) is 4.49. The molecule has 2 nitrogen and oxygen atoms in total. The van der Waals surface area contributed by atoms with Crippen molar-refractivity contribution in [3.05, 3.63) is 28.0 Å². The minimum atomic E-state index is -0.297. The predicted octanol–water partition coefficient (Wildman–Crippen LogP) is 2.74. The minimum absolute atomic E-state index is 0.226. The van der Waals surface area contributed by atoms with Crippen LogP contribution in [0.5, 0.6) is 5.75 Å². The third-order valence-corrected chi connectivity index (χ3v) is 2.53. The number of halogens is 2. The molecule has 0 aliphatic carbocycles. The van der Waals surface area contributed by atoms with Crippen LogP contribution in [0, 0.1) is 5.82 Å². The number of hydrogen-bond donors (Lipinski definition) is 0. The molecule has 0 aromatic heterocycles. The third-order valence-electron chi connectivity index (χ3n) is 1.66. The quantitative estimate of drug-likeness (QED) is 0.819. The summed E-state index contributed by atoms with van der Waals surface area (Å²) in [5.74, 6) is 0.308. The number of hydrogen-bond acceptors (Lipinski definition) is 2. The maximum Gasteiger partial charge on any atom is 0.133 e. The third kappa shape index (κ3) is 2.19. The van der Waals surface area contributed by atoms with E-state index in [1.165, 1.54) is 20.3 Å². The summed E-state index contributed by atoms with van der Waals surface area (Å²) < 4.78 is 23.7. The minimum Gasteiger partial charge on any atom is -0.496 e. The van der Waals surface area contributed by atoms with E-state index in [2.05, 4.69) is 15.9 Å². The summed E-state index contributed by atoms with van der Waals surface area (Å²) >= 11 is 3.25. The highest BCUT2D eigenvalue weighted by molar-refractivity contribution is 9.10. The van der Waals surface area contributed by atoms with E-state index >= 15 is 0 Å². The van der Waals surface area contributed by atoms with Crippen LogP contribution >= 0.6 is 15.9 Å². The fourth-order valence-corrected chi connectivity index (χ4v) is 1.61. The standard InChI is InChI=1S/C9H10BrFO2/c1-12-5-6-7(11)3-4-8(13-2)9(6)10/h3-4H,5H2,1-2H3. The molecule has 4 heteroatoms. The van der Waals surface area contributed by atoms with Crippen molar-refractivity contribution < 1.29 is 13.9 Å². The molecule has 1 aromatic carbocycles. The molecule has 0 radical (unpaired) electrons. The van der Waals surface area contributed by atoms with Gasteiger partial charge >= 0.3 is 0 Å². The Morgan fingerprint density at radius 2 is 2.08 bits per heavy atom. The Kier molecular flexibility index (Phi) is 3.69. The summed E-state index contributed by atoms with van der Waals surface area (Å²) in [5, 5.41) is 0. The van der Waals surface area contributed by atoms with Crippen LogP contribution in [0.25, 0.3) is 0 Å². The zero-order chi connectivity index (χ0) is 9.84. The Morgan fingerprint density at radius 3 is 2.62 bits per heavy atom. The van der Waals surface area contributed by atoms with Crippen molar-refractivity contribution in [1.29, 1.82) is 0 Å². The number of ether oxygens (including phenoxy) is 2. The van der Waals surface area contributed by atoms with Gasteiger partial charge in [-0.1, -0.05) is 0 Å². The lowest BCUT2D eigenvalue weighted by molar-refractivity contribution is 0.180. The number of benzene rings is 1. The van der Waals surface area contributed by atoms with Crippen LogP contribution in [0.3, 0.4) is 0 Å². The molecule has 0 amide bonds. The molecule has 0 bridgehead atoms. The smallest absolute Gasteiger partial charge is 0.133 e. The van der Waals surface area contributed by atoms with Crippen molar-refractivity contribution in [2.24, 2.45) is 0 Å². The van der Waals surface area contributed by atoms with Gasteiger partial charge in [0, 0.05) is 12.7 Å². The summed E-state index contributed by atoms with van der Waals surface area (Å²) in [6.07, 6.45) is 0. The highest BCUT2D eigenvalue weighted by Gasteiger charge is 2.11. The zero-order valence-electron chi connectivity index (χ0n) is 7.43. The van der Waals surface area contributed by atoms with E-state index in [4.69, 9.17) is 9.47 Å². The van der Waals surface area contributed by atoms with Crippen LogP contribution in [0.2, 0.25) is 0 Å². The van der Waals surface area contributed by atoms with Gasteiger partial charge in [0.2, 0.25) is 0 Å².